The average Bonchev–Trinajstić information content (AvgIpc) is 3.04. The predicted molar refractivity (Wildman–Crippen MR) is 88.4 cm³/mol. The van der Waals surface area contributed by atoms with E-state index in [-0.39, 0.29) is 11.7 Å². The molecule has 0 aliphatic rings. The number of carbonyl (C=O) groups is 1. The maximum Gasteiger partial charge on any atom is 0.236 e. The molecule has 22 heavy (non-hydrogen) atoms. The lowest BCUT2D eigenvalue weighted by molar-refractivity contribution is -0.113. The Balaban J connectivity index is 1.97. The molecule has 0 aliphatic carbocycles. The smallest absolute Gasteiger partial charge is 0.236 e. The van der Waals surface area contributed by atoms with E-state index in [0.29, 0.717) is 11.0 Å². The lowest BCUT2D eigenvalue weighted by Crippen LogP contribution is -2.15. The number of nitrogens with one attached hydrogen (secondary N) is 1. The Bertz CT molecular complexity index is 636. The third kappa shape index (κ3) is 4.26. The monoisotopic (exact) mass is 340 g/mol. The highest BCUT2D eigenvalue weighted by Gasteiger charge is 2.16. The molecule has 1 amide bonds. The molecule has 2 aromatic rings. The number of thioether (sulfide) groups is 1. The molecule has 2 rings (SSSR count). The Hall–Kier alpha value is -1.48. The molecule has 0 aliphatic heterocycles. The molecule has 2 aromatic heterocycles. The first-order valence-corrected chi connectivity index (χ1v) is 8.97. The van der Waals surface area contributed by atoms with Gasteiger partial charge in [0.25, 0.3) is 0 Å². The Kier molecular flexibility index (Phi) is 5.90. The fourth-order valence-corrected chi connectivity index (χ4v) is 3.28. The number of aryl methyl sites for hydroxylation is 1. The van der Waals surface area contributed by atoms with Gasteiger partial charge in [-0.15, -0.1) is 20.4 Å². The van der Waals surface area contributed by atoms with E-state index in [2.05, 4.69) is 51.0 Å². The van der Waals surface area contributed by atoms with Crippen LogP contribution in [0.15, 0.2) is 5.16 Å². The average molecular weight is 340 g/mol. The summed E-state index contributed by atoms with van der Waals surface area (Å²) in [5, 5.41) is 21.1. The Morgan fingerprint density at radius 1 is 1.32 bits per heavy atom. The number of aromatic nitrogens is 5. The van der Waals surface area contributed by atoms with Crippen LogP contribution in [0.2, 0.25) is 0 Å². The minimum Gasteiger partial charge on any atom is -0.306 e. The van der Waals surface area contributed by atoms with Gasteiger partial charge >= 0.3 is 0 Å². The van der Waals surface area contributed by atoms with Gasteiger partial charge in [0.2, 0.25) is 11.0 Å². The number of amides is 1. The molecule has 0 unspecified atom stereocenters. The van der Waals surface area contributed by atoms with Crippen molar-refractivity contribution in [3.63, 3.8) is 0 Å². The zero-order valence-electron chi connectivity index (χ0n) is 13.2. The van der Waals surface area contributed by atoms with E-state index in [1.54, 1.807) is 0 Å². The summed E-state index contributed by atoms with van der Waals surface area (Å²) < 4.78 is 2.09. The van der Waals surface area contributed by atoms with Crippen molar-refractivity contribution in [2.75, 3.05) is 11.1 Å². The molecule has 1 N–H and O–H groups in total. The Morgan fingerprint density at radius 2 is 2.09 bits per heavy atom. The van der Waals surface area contributed by atoms with Crippen LogP contribution in [0.25, 0.3) is 0 Å². The fourth-order valence-electron chi connectivity index (χ4n) is 1.90. The zero-order chi connectivity index (χ0) is 16.1. The van der Waals surface area contributed by atoms with Crippen LogP contribution < -0.4 is 5.32 Å². The van der Waals surface area contributed by atoms with Crippen LogP contribution in [-0.2, 0) is 11.3 Å². The molecular formula is C13H20N6OS2. The molecule has 0 radical (unpaired) electrons. The maximum atomic E-state index is 12.0. The van der Waals surface area contributed by atoms with Gasteiger partial charge in [0.1, 0.15) is 10.8 Å². The highest BCUT2D eigenvalue weighted by Crippen LogP contribution is 2.22. The molecule has 0 saturated carbocycles. The second kappa shape index (κ2) is 7.68. The molecule has 2 heterocycles. The number of anilines is 1. The van der Waals surface area contributed by atoms with Gasteiger partial charge in [0.05, 0.1) is 5.75 Å². The molecule has 0 bridgehead atoms. The van der Waals surface area contributed by atoms with Gasteiger partial charge in [-0.1, -0.05) is 43.9 Å². The predicted octanol–water partition coefficient (Wildman–Crippen LogP) is 2.70. The standard InChI is InChI=1S/C13H20N6OS2/c1-5-6-19-11(8(2)3)16-18-13(19)21-7-10(20)14-12-17-15-9(4)22-12/h8H,5-7H2,1-4H3,(H,14,17,20). The van der Waals surface area contributed by atoms with Gasteiger partial charge in [-0.2, -0.15) is 0 Å². The van der Waals surface area contributed by atoms with Crippen LogP contribution in [0.5, 0.6) is 0 Å². The molecule has 0 atom stereocenters. The number of hydrogen-bond donors (Lipinski definition) is 1. The topological polar surface area (TPSA) is 85.6 Å². The summed E-state index contributed by atoms with van der Waals surface area (Å²) >= 11 is 2.75. The molecule has 7 nitrogen and oxygen atoms in total. The molecular weight excluding hydrogens is 320 g/mol. The second-order valence-corrected chi connectivity index (χ2v) is 7.23. The van der Waals surface area contributed by atoms with Crippen molar-refractivity contribution in [2.45, 2.75) is 51.7 Å². The van der Waals surface area contributed by atoms with E-state index < -0.39 is 0 Å². The summed E-state index contributed by atoms with van der Waals surface area (Å²) in [4.78, 5) is 12.0. The van der Waals surface area contributed by atoms with Crippen molar-refractivity contribution < 1.29 is 4.79 Å². The first kappa shape index (κ1) is 16.9. The lowest BCUT2D eigenvalue weighted by atomic mass is 10.2. The largest absolute Gasteiger partial charge is 0.306 e. The van der Waals surface area contributed by atoms with Crippen molar-refractivity contribution in [3.8, 4) is 0 Å². The van der Waals surface area contributed by atoms with Gasteiger partial charge < -0.3 is 4.57 Å². The molecule has 9 heteroatoms. The van der Waals surface area contributed by atoms with E-state index in [0.717, 1.165) is 29.0 Å². The summed E-state index contributed by atoms with van der Waals surface area (Å²) in [6.07, 6.45) is 1.00. The quantitative estimate of drug-likeness (QED) is 0.780. The van der Waals surface area contributed by atoms with Crippen LogP contribution in [0.1, 0.15) is 43.9 Å². The fraction of sp³-hybridized carbons (Fsp3) is 0.615. The van der Waals surface area contributed by atoms with Crippen molar-refractivity contribution >= 4 is 34.1 Å². The molecule has 0 fully saturated rings. The van der Waals surface area contributed by atoms with Crippen LogP contribution >= 0.6 is 23.1 Å². The minimum atomic E-state index is -0.113. The second-order valence-electron chi connectivity index (χ2n) is 5.11. The summed E-state index contributed by atoms with van der Waals surface area (Å²) in [5.41, 5.74) is 0. The summed E-state index contributed by atoms with van der Waals surface area (Å²) in [7, 11) is 0. The van der Waals surface area contributed by atoms with Crippen molar-refractivity contribution in [2.24, 2.45) is 0 Å². The summed E-state index contributed by atoms with van der Waals surface area (Å²) in [6, 6.07) is 0. The number of carbonyl (C=O) groups excluding carboxylic acids is 1. The highest BCUT2D eigenvalue weighted by molar-refractivity contribution is 7.99. The summed E-state index contributed by atoms with van der Waals surface area (Å²) in [6.45, 7) is 9.01. The minimum absolute atomic E-state index is 0.113. The Labute approximate surface area is 137 Å². The van der Waals surface area contributed by atoms with Gasteiger partial charge in [-0.3, -0.25) is 10.1 Å². The number of hydrogen-bond acceptors (Lipinski definition) is 7. The van der Waals surface area contributed by atoms with Crippen molar-refractivity contribution in [1.29, 1.82) is 0 Å². The molecule has 120 valence electrons. The van der Waals surface area contributed by atoms with Crippen molar-refractivity contribution in [3.05, 3.63) is 10.8 Å². The molecule has 0 saturated heterocycles. The van der Waals surface area contributed by atoms with Gasteiger partial charge in [0, 0.05) is 12.5 Å². The third-order valence-corrected chi connectivity index (χ3v) is 4.53. The van der Waals surface area contributed by atoms with E-state index in [1.165, 1.54) is 23.1 Å². The zero-order valence-corrected chi connectivity index (χ0v) is 14.8. The van der Waals surface area contributed by atoms with E-state index in [9.17, 15) is 4.79 Å². The van der Waals surface area contributed by atoms with Gasteiger partial charge in [-0.05, 0) is 13.3 Å². The third-order valence-electron chi connectivity index (χ3n) is 2.81. The Morgan fingerprint density at radius 3 is 2.68 bits per heavy atom. The van der Waals surface area contributed by atoms with Crippen molar-refractivity contribution in [1.82, 2.24) is 25.0 Å². The van der Waals surface area contributed by atoms with E-state index >= 15 is 0 Å². The SMILES string of the molecule is CCCn1c(SCC(=O)Nc2nnc(C)s2)nnc1C(C)C. The molecule has 0 spiro atoms. The number of rotatable bonds is 7. The number of nitrogens with zero attached hydrogens (tertiary/aromatic N) is 5. The highest BCUT2D eigenvalue weighted by atomic mass is 32.2. The van der Waals surface area contributed by atoms with E-state index in [1.807, 2.05) is 6.92 Å². The van der Waals surface area contributed by atoms with Gasteiger partial charge in [0.15, 0.2) is 5.16 Å². The van der Waals surface area contributed by atoms with Crippen LogP contribution in [0.3, 0.4) is 0 Å². The van der Waals surface area contributed by atoms with Crippen LogP contribution in [-0.4, -0.2) is 36.6 Å². The van der Waals surface area contributed by atoms with Gasteiger partial charge in [-0.25, -0.2) is 0 Å². The summed E-state index contributed by atoms with van der Waals surface area (Å²) in [5.74, 6) is 1.44. The first-order chi connectivity index (χ1) is 10.5. The van der Waals surface area contributed by atoms with Crippen LogP contribution in [0.4, 0.5) is 5.13 Å². The first-order valence-electron chi connectivity index (χ1n) is 7.17. The lowest BCUT2D eigenvalue weighted by Gasteiger charge is -2.10. The molecule has 0 aromatic carbocycles. The maximum absolute atomic E-state index is 12.0. The van der Waals surface area contributed by atoms with Crippen LogP contribution in [0, 0.1) is 6.92 Å². The normalized spacial score (nSPS) is 11.1. The van der Waals surface area contributed by atoms with E-state index in [4.69, 9.17) is 0 Å².